The second-order valence-electron chi connectivity index (χ2n) is 4.35. The van der Waals surface area contributed by atoms with Crippen molar-refractivity contribution < 1.29 is 0 Å². The van der Waals surface area contributed by atoms with Crippen LogP contribution in [0.15, 0.2) is 36.0 Å². The summed E-state index contributed by atoms with van der Waals surface area (Å²) in [5.41, 5.74) is 2.65. The first kappa shape index (κ1) is 11.3. The summed E-state index contributed by atoms with van der Waals surface area (Å²) in [6, 6.07) is 6.44. The lowest BCUT2D eigenvalue weighted by Gasteiger charge is -2.18. The predicted molar refractivity (Wildman–Crippen MR) is 67.2 cm³/mol. The van der Waals surface area contributed by atoms with Gasteiger partial charge in [-0.1, -0.05) is 24.1 Å². The van der Waals surface area contributed by atoms with Gasteiger partial charge in [0, 0.05) is 6.20 Å². The molecule has 0 saturated heterocycles. The molecule has 1 N–H and O–H groups in total. The highest BCUT2D eigenvalue weighted by Gasteiger charge is 2.16. The van der Waals surface area contributed by atoms with Crippen molar-refractivity contribution in [2.75, 3.05) is 7.05 Å². The Morgan fingerprint density at radius 1 is 1.25 bits per heavy atom. The van der Waals surface area contributed by atoms with E-state index in [4.69, 9.17) is 0 Å². The van der Waals surface area contributed by atoms with Crippen molar-refractivity contribution in [2.24, 2.45) is 0 Å². The van der Waals surface area contributed by atoms with E-state index in [9.17, 15) is 0 Å². The lowest BCUT2D eigenvalue weighted by atomic mass is 9.99. The van der Waals surface area contributed by atoms with Crippen molar-refractivity contribution >= 4 is 0 Å². The lowest BCUT2D eigenvalue weighted by molar-refractivity contribution is 0.615. The molecule has 2 heteroatoms. The van der Waals surface area contributed by atoms with Gasteiger partial charge in [-0.2, -0.15) is 0 Å². The Hall–Kier alpha value is -1.15. The van der Waals surface area contributed by atoms with Gasteiger partial charge in [0.05, 0.1) is 11.7 Å². The maximum absolute atomic E-state index is 4.45. The molecule has 1 atom stereocenters. The monoisotopic (exact) mass is 216 g/mol. The van der Waals surface area contributed by atoms with Crippen LogP contribution in [-0.4, -0.2) is 12.0 Å². The minimum Gasteiger partial charge on any atom is -0.308 e. The fraction of sp³-hybridized carbons (Fsp3) is 0.500. The quantitative estimate of drug-likeness (QED) is 0.785. The number of aromatic nitrogens is 1. The van der Waals surface area contributed by atoms with Gasteiger partial charge in [-0.3, -0.25) is 4.98 Å². The summed E-state index contributed by atoms with van der Waals surface area (Å²) in [6.45, 7) is 0. The van der Waals surface area contributed by atoms with Crippen LogP contribution in [0, 0.1) is 0 Å². The van der Waals surface area contributed by atoms with E-state index in [1.54, 1.807) is 0 Å². The zero-order valence-corrected chi connectivity index (χ0v) is 9.95. The van der Waals surface area contributed by atoms with E-state index in [1.807, 2.05) is 19.3 Å². The van der Waals surface area contributed by atoms with Crippen LogP contribution < -0.4 is 5.32 Å². The molecule has 0 aliphatic heterocycles. The number of rotatable bonds is 3. The molecule has 1 aliphatic carbocycles. The lowest BCUT2D eigenvalue weighted by Crippen LogP contribution is -2.19. The molecule has 1 unspecified atom stereocenters. The van der Waals surface area contributed by atoms with Gasteiger partial charge in [0.25, 0.3) is 0 Å². The van der Waals surface area contributed by atoms with Crippen molar-refractivity contribution in [1.29, 1.82) is 0 Å². The Balaban J connectivity index is 2.18. The highest BCUT2D eigenvalue weighted by Crippen LogP contribution is 2.27. The molecule has 2 nitrogen and oxygen atoms in total. The molecule has 86 valence electrons. The van der Waals surface area contributed by atoms with E-state index in [2.05, 4.69) is 28.5 Å². The zero-order chi connectivity index (χ0) is 11.2. The number of hydrogen-bond acceptors (Lipinski definition) is 2. The summed E-state index contributed by atoms with van der Waals surface area (Å²) in [5, 5.41) is 3.39. The summed E-state index contributed by atoms with van der Waals surface area (Å²) < 4.78 is 0. The molecular formula is C14H20N2. The van der Waals surface area contributed by atoms with E-state index < -0.39 is 0 Å². The molecule has 0 saturated carbocycles. The predicted octanol–water partition coefficient (Wildman–Crippen LogP) is 3.23. The summed E-state index contributed by atoms with van der Waals surface area (Å²) in [7, 11) is 2.02. The molecule has 1 heterocycles. The molecule has 0 amide bonds. The third kappa shape index (κ3) is 2.70. The molecule has 0 aromatic carbocycles. The van der Waals surface area contributed by atoms with Crippen molar-refractivity contribution in [3.8, 4) is 0 Å². The highest BCUT2D eigenvalue weighted by atomic mass is 14.9. The number of nitrogens with zero attached hydrogens (tertiary/aromatic N) is 1. The standard InChI is InChI=1S/C14H20N2/c1-15-14(13-10-6-7-11-16-13)12-8-4-2-3-5-9-12/h6-8,10-11,14-15H,2-5,9H2,1H3. The van der Waals surface area contributed by atoms with Crippen LogP contribution >= 0.6 is 0 Å². The van der Waals surface area contributed by atoms with E-state index in [1.165, 1.54) is 37.7 Å². The molecule has 1 aromatic heterocycles. The average Bonchev–Trinajstić information content (AvgIpc) is 2.61. The molecular weight excluding hydrogens is 196 g/mol. The Bertz CT molecular complexity index is 343. The van der Waals surface area contributed by atoms with E-state index >= 15 is 0 Å². The summed E-state index contributed by atoms with van der Waals surface area (Å²) in [4.78, 5) is 4.45. The van der Waals surface area contributed by atoms with Gasteiger partial charge < -0.3 is 5.32 Å². The molecule has 0 radical (unpaired) electrons. The normalized spacial score (nSPS) is 18.7. The minimum absolute atomic E-state index is 0.305. The first-order valence-electron chi connectivity index (χ1n) is 6.19. The molecule has 0 bridgehead atoms. The third-order valence-electron chi connectivity index (χ3n) is 3.22. The van der Waals surface area contributed by atoms with Gasteiger partial charge >= 0.3 is 0 Å². The van der Waals surface area contributed by atoms with Crippen LogP contribution in [0.3, 0.4) is 0 Å². The van der Waals surface area contributed by atoms with Gasteiger partial charge in [0.1, 0.15) is 0 Å². The maximum atomic E-state index is 4.45. The van der Waals surface area contributed by atoms with Crippen LogP contribution in [0.25, 0.3) is 0 Å². The Kier molecular flexibility index (Phi) is 4.11. The summed E-state index contributed by atoms with van der Waals surface area (Å²) in [5.74, 6) is 0. The van der Waals surface area contributed by atoms with Crippen molar-refractivity contribution in [1.82, 2.24) is 10.3 Å². The van der Waals surface area contributed by atoms with Crippen LogP contribution in [-0.2, 0) is 0 Å². The second-order valence-corrected chi connectivity index (χ2v) is 4.35. The SMILES string of the molecule is CNC(C1=CCCCCC1)c1ccccn1. The topological polar surface area (TPSA) is 24.9 Å². The largest absolute Gasteiger partial charge is 0.308 e. The molecule has 1 aromatic rings. The first-order chi connectivity index (χ1) is 7.92. The molecule has 0 fully saturated rings. The van der Waals surface area contributed by atoms with E-state index in [0.717, 1.165) is 5.69 Å². The fourth-order valence-corrected chi connectivity index (χ4v) is 2.37. The van der Waals surface area contributed by atoms with Crippen molar-refractivity contribution in [3.63, 3.8) is 0 Å². The first-order valence-corrected chi connectivity index (χ1v) is 6.19. The van der Waals surface area contributed by atoms with Gasteiger partial charge in [0.2, 0.25) is 0 Å². The number of hydrogen-bond donors (Lipinski definition) is 1. The van der Waals surface area contributed by atoms with Crippen molar-refractivity contribution in [2.45, 2.75) is 38.1 Å². The number of likely N-dealkylation sites (N-methyl/N-ethyl adjacent to an activating group) is 1. The number of pyridine rings is 1. The van der Waals surface area contributed by atoms with Crippen LogP contribution in [0.4, 0.5) is 0 Å². The van der Waals surface area contributed by atoms with Crippen molar-refractivity contribution in [3.05, 3.63) is 41.7 Å². The maximum Gasteiger partial charge on any atom is 0.0708 e. The van der Waals surface area contributed by atoms with Gasteiger partial charge in [0.15, 0.2) is 0 Å². The molecule has 0 spiro atoms. The van der Waals surface area contributed by atoms with E-state index in [-0.39, 0.29) is 0 Å². The number of nitrogens with one attached hydrogen (secondary N) is 1. The van der Waals surface area contributed by atoms with E-state index in [0.29, 0.717) is 6.04 Å². The highest BCUT2D eigenvalue weighted by molar-refractivity contribution is 5.22. The van der Waals surface area contributed by atoms with Crippen LogP contribution in [0.5, 0.6) is 0 Å². The summed E-state index contributed by atoms with van der Waals surface area (Å²) >= 11 is 0. The zero-order valence-electron chi connectivity index (χ0n) is 9.95. The third-order valence-corrected chi connectivity index (χ3v) is 3.22. The molecule has 2 rings (SSSR count). The average molecular weight is 216 g/mol. The van der Waals surface area contributed by atoms with Gasteiger partial charge in [-0.15, -0.1) is 0 Å². The second kappa shape index (κ2) is 5.80. The van der Waals surface area contributed by atoms with Gasteiger partial charge in [-0.05, 0) is 44.9 Å². The van der Waals surface area contributed by atoms with Crippen LogP contribution in [0.1, 0.15) is 43.8 Å². The Labute approximate surface area is 97.8 Å². The Morgan fingerprint density at radius 3 is 2.94 bits per heavy atom. The molecule has 1 aliphatic rings. The smallest absolute Gasteiger partial charge is 0.0708 e. The Morgan fingerprint density at radius 2 is 2.19 bits per heavy atom. The van der Waals surface area contributed by atoms with Gasteiger partial charge in [-0.25, -0.2) is 0 Å². The minimum atomic E-state index is 0.305. The van der Waals surface area contributed by atoms with Crippen LogP contribution in [0.2, 0.25) is 0 Å². The summed E-state index contributed by atoms with van der Waals surface area (Å²) in [6.07, 6.45) is 10.7. The number of allylic oxidation sites excluding steroid dienone is 1. The molecule has 16 heavy (non-hydrogen) atoms. The fourth-order valence-electron chi connectivity index (χ4n) is 2.37.